The summed E-state index contributed by atoms with van der Waals surface area (Å²) >= 11 is 5.93. The fourth-order valence-corrected chi connectivity index (χ4v) is 3.01. The molecule has 1 saturated heterocycles. The maximum atomic E-state index is 12.3. The number of H-pyrrole nitrogens is 2. The number of imidazole rings is 1. The van der Waals surface area contributed by atoms with E-state index in [1.54, 1.807) is 4.90 Å². The number of nitrogens with one attached hydrogen (secondary N) is 2. The van der Waals surface area contributed by atoms with Gasteiger partial charge in [-0.05, 0) is 24.6 Å². The quantitative estimate of drug-likeness (QED) is 0.900. The van der Waals surface area contributed by atoms with Gasteiger partial charge in [0.1, 0.15) is 5.69 Å². The first-order valence-corrected chi connectivity index (χ1v) is 7.99. The average Bonchev–Trinajstić information content (AvgIpc) is 3.01. The summed E-state index contributed by atoms with van der Waals surface area (Å²) in [6, 6.07) is 8.14. The van der Waals surface area contributed by atoms with Crippen LogP contribution >= 0.6 is 11.6 Å². The standard InChI is InChI=1S/C16H19ClN4O2/c1-11(12-2-4-13(17)5-3-12)20-6-8-21(9-7-20)15(22)14-10-18-16(23)19-14/h2-5,10-11H,6-9H2,1H3,(H2,18,19,23)/t11-/m1/s1. The predicted octanol–water partition coefficient (Wildman–Crippen LogP) is 1.88. The van der Waals surface area contributed by atoms with Crippen LogP contribution < -0.4 is 5.69 Å². The molecular weight excluding hydrogens is 316 g/mol. The van der Waals surface area contributed by atoms with Crippen molar-refractivity contribution in [2.75, 3.05) is 26.2 Å². The van der Waals surface area contributed by atoms with Gasteiger partial charge in [0.25, 0.3) is 5.91 Å². The lowest BCUT2D eigenvalue weighted by molar-refractivity contribution is 0.0577. The van der Waals surface area contributed by atoms with Crippen LogP contribution in [0.25, 0.3) is 0 Å². The largest absolute Gasteiger partial charge is 0.335 e. The van der Waals surface area contributed by atoms with Gasteiger partial charge in [0, 0.05) is 43.4 Å². The molecule has 0 radical (unpaired) electrons. The molecule has 122 valence electrons. The number of amides is 1. The molecule has 0 bridgehead atoms. The fraction of sp³-hybridized carbons (Fsp3) is 0.375. The molecular formula is C16H19ClN4O2. The van der Waals surface area contributed by atoms with Crippen molar-refractivity contribution in [2.24, 2.45) is 0 Å². The molecule has 0 unspecified atom stereocenters. The molecule has 1 aromatic heterocycles. The topological polar surface area (TPSA) is 72.2 Å². The highest BCUT2D eigenvalue weighted by Gasteiger charge is 2.26. The van der Waals surface area contributed by atoms with Gasteiger partial charge in [0.15, 0.2) is 0 Å². The van der Waals surface area contributed by atoms with Gasteiger partial charge in [0.05, 0.1) is 0 Å². The van der Waals surface area contributed by atoms with Crippen molar-refractivity contribution in [3.63, 3.8) is 0 Å². The Hall–Kier alpha value is -2.05. The number of carbonyl (C=O) groups is 1. The summed E-state index contributed by atoms with van der Waals surface area (Å²) in [6.45, 7) is 5.03. The summed E-state index contributed by atoms with van der Waals surface area (Å²) < 4.78 is 0. The maximum Gasteiger partial charge on any atom is 0.323 e. The molecule has 0 aliphatic carbocycles. The molecule has 1 aromatic carbocycles. The number of rotatable bonds is 3. The zero-order chi connectivity index (χ0) is 16.4. The summed E-state index contributed by atoms with van der Waals surface area (Å²) in [5, 5.41) is 0.733. The fourth-order valence-electron chi connectivity index (χ4n) is 2.88. The number of halogens is 1. The van der Waals surface area contributed by atoms with E-state index in [1.807, 2.05) is 24.3 Å². The normalized spacial score (nSPS) is 17.2. The third-order valence-corrected chi connectivity index (χ3v) is 4.58. The molecule has 1 fully saturated rings. The van der Waals surface area contributed by atoms with Crippen molar-refractivity contribution in [2.45, 2.75) is 13.0 Å². The summed E-state index contributed by atoms with van der Waals surface area (Å²) in [7, 11) is 0. The van der Waals surface area contributed by atoms with Crippen LogP contribution in [0.2, 0.25) is 5.02 Å². The molecule has 6 nitrogen and oxygen atoms in total. The molecule has 2 N–H and O–H groups in total. The number of benzene rings is 1. The second-order valence-corrected chi connectivity index (χ2v) is 6.15. The van der Waals surface area contributed by atoms with Gasteiger partial charge >= 0.3 is 5.69 Å². The summed E-state index contributed by atoms with van der Waals surface area (Å²) in [5.74, 6) is -0.137. The molecule has 2 heterocycles. The number of carbonyl (C=O) groups excluding carboxylic acids is 1. The minimum atomic E-state index is -0.358. The van der Waals surface area contributed by atoms with Crippen molar-refractivity contribution in [1.82, 2.24) is 19.8 Å². The molecule has 1 aliphatic rings. The summed E-state index contributed by atoms with van der Waals surface area (Å²) in [4.78, 5) is 32.5. The van der Waals surface area contributed by atoms with Gasteiger partial charge in [-0.15, -0.1) is 0 Å². The number of hydrogen-bond acceptors (Lipinski definition) is 3. The predicted molar refractivity (Wildman–Crippen MR) is 88.8 cm³/mol. The number of nitrogens with zero attached hydrogens (tertiary/aromatic N) is 2. The summed E-state index contributed by atoms with van der Waals surface area (Å²) in [5.41, 5.74) is 1.17. The van der Waals surface area contributed by atoms with Gasteiger partial charge in [0.2, 0.25) is 0 Å². The Morgan fingerprint density at radius 2 is 1.83 bits per heavy atom. The minimum absolute atomic E-state index is 0.137. The number of piperazine rings is 1. The highest BCUT2D eigenvalue weighted by molar-refractivity contribution is 6.30. The third-order valence-electron chi connectivity index (χ3n) is 4.33. The summed E-state index contributed by atoms with van der Waals surface area (Å²) in [6.07, 6.45) is 1.42. The van der Waals surface area contributed by atoms with Gasteiger partial charge in [-0.2, -0.15) is 0 Å². The van der Waals surface area contributed by atoms with Crippen LogP contribution in [0.4, 0.5) is 0 Å². The first-order chi connectivity index (χ1) is 11.0. The first kappa shape index (κ1) is 15.8. The highest BCUT2D eigenvalue weighted by atomic mass is 35.5. The molecule has 1 aliphatic heterocycles. The zero-order valence-electron chi connectivity index (χ0n) is 12.9. The average molecular weight is 335 g/mol. The van der Waals surface area contributed by atoms with E-state index in [0.717, 1.165) is 18.1 Å². The lowest BCUT2D eigenvalue weighted by atomic mass is 10.1. The van der Waals surface area contributed by atoms with Gasteiger partial charge < -0.3 is 14.9 Å². The molecule has 23 heavy (non-hydrogen) atoms. The van der Waals surface area contributed by atoms with Crippen LogP contribution in [0.1, 0.15) is 29.0 Å². The van der Waals surface area contributed by atoms with E-state index in [1.165, 1.54) is 11.8 Å². The van der Waals surface area contributed by atoms with E-state index < -0.39 is 0 Å². The van der Waals surface area contributed by atoms with Crippen LogP contribution in [0.3, 0.4) is 0 Å². The molecule has 7 heteroatoms. The van der Waals surface area contributed by atoms with Crippen LogP contribution in [0.5, 0.6) is 0 Å². The zero-order valence-corrected chi connectivity index (χ0v) is 13.6. The number of hydrogen-bond donors (Lipinski definition) is 2. The van der Waals surface area contributed by atoms with E-state index >= 15 is 0 Å². The van der Waals surface area contributed by atoms with Crippen molar-refractivity contribution in [3.8, 4) is 0 Å². The Kier molecular flexibility index (Phi) is 4.54. The monoisotopic (exact) mass is 334 g/mol. The Morgan fingerprint density at radius 1 is 1.17 bits per heavy atom. The van der Waals surface area contributed by atoms with E-state index in [0.29, 0.717) is 18.8 Å². The Morgan fingerprint density at radius 3 is 2.39 bits per heavy atom. The van der Waals surface area contributed by atoms with Crippen LogP contribution in [0.15, 0.2) is 35.3 Å². The molecule has 1 amide bonds. The van der Waals surface area contributed by atoms with Gasteiger partial charge in [-0.25, -0.2) is 4.79 Å². The van der Waals surface area contributed by atoms with Crippen molar-refractivity contribution < 1.29 is 4.79 Å². The van der Waals surface area contributed by atoms with Crippen molar-refractivity contribution in [1.29, 1.82) is 0 Å². The van der Waals surface area contributed by atoms with Crippen LogP contribution in [0, 0.1) is 0 Å². The first-order valence-electron chi connectivity index (χ1n) is 7.61. The van der Waals surface area contributed by atoms with Crippen LogP contribution in [-0.2, 0) is 0 Å². The van der Waals surface area contributed by atoms with Crippen molar-refractivity contribution >= 4 is 17.5 Å². The van der Waals surface area contributed by atoms with Crippen LogP contribution in [-0.4, -0.2) is 51.9 Å². The van der Waals surface area contributed by atoms with E-state index in [-0.39, 0.29) is 17.6 Å². The minimum Gasteiger partial charge on any atom is -0.335 e. The lowest BCUT2D eigenvalue weighted by Gasteiger charge is -2.38. The van der Waals surface area contributed by atoms with E-state index in [9.17, 15) is 9.59 Å². The Labute approximate surface area is 139 Å². The molecule has 1 atom stereocenters. The number of aromatic nitrogens is 2. The SMILES string of the molecule is C[C@H](c1ccc(Cl)cc1)N1CCN(C(=O)c2c[nH]c(=O)[nH]2)CC1. The second kappa shape index (κ2) is 6.60. The van der Waals surface area contributed by atoms with Crippen molar-refractivity contribution in [3.05, 3.63) is 57.2 Å². The number of aromatic amines is 2. The third kappa shape index (κ3) is 3.48. The molecule has 0 saturated carbocycles. The van der Waals surface area contributed by atoms with E-state index in [2.05, 4.69) is 21.8 Å². The maximum absolute atomic E-state index is 12.3. The smallest absolute Gasteiger partial charge is 0.323 e. The van der Waals surface area contributed by atoms with Gasteiger partial charge in [-0.1, -0.05) is 23.7 Å². The molecule has 2 aromatic rings. The molecule has 3 rings (SSSR count). The Balaban J connectivity index is 1.60. The molecule has 0 spiro atoms. The Bertz CT molecular complexity index is 729. The highest BCUT2D eigenvalue weighted by Crippen LogP contribution is 2.23. The second-order valence-electron chi connectivity index (χ2n) is 5.71. The van der Waals surface area contributed by atoms with Gasteiger partial charge in [-0.3, -0.25) is 9.69 Å². The van der Waals surface area contributed by atoms with E-state index in [4.69, 9.17) is 11.6 Å². The lowest BCUT2D eigenvalue weighted by Crippen LogP contribution is -2.49.